The molecule has 4 heteroatoms. The fourth-order valence-corrected chi connectivity index (χ4v) is 1.16. The minimum atomic E-state index is -0.745. The Bertz CT molecular complexity index is 322. The standard InChI is InChI=1S/C11H16N2O2/c1-2-7-15-9-5-3-8(4-6-9)10(12)11(13)14/h3-6,10H,2,7,12H2,1H3,(H2,13,14). The van der Waals surface area contributed by atoms with E-state index in [1.54, 1.807) is 24.3 Å². The van der Waals surface area contributed by atoms with E-state index in [1.165, 1.54) is 0 Å². The predicted molar refractivity (Wildman–Crippen MR) is 58.4 cm³/mol. The molecule has 82 valence electrons. The van der Waals surface area contributed by atoms with E-state index < -0.39 is 11.9 Å². The Kier molecular flexibility index (Phi) is 4.12. The summed E-state index contributed by atoms with van der Waals surface area (Å²) in [5.74, 6) is 0.245. The molecule has 0 saturated carbocycles. The van der Waals surface area contributed by atoms with Gasteiger partial charge < -0.3 is 16.2 Å². The molecule has 0 radical (unpaired) electrons. The third-order valence-corrected chi connectivity index (χ3v) is 2.02. The Labute approximate surface area is 89.2 Å². The lowest BCUT2D eigenvalue weighted by atomic mass is 10.1. The molecule has 1 unspecified atom stereocenters. The molecule has 0 bridgehead atoms. The van der Waals surface area contributed by atoms with Crippen molar-refractivity contribution in [2.45, 2.75) is 19.4 Å². The van der Waals surface area contributed by atoms with E-state index in [0.717, 1.165) is 12.2 Å². The smallest absolute Gasteiger partial charge is 0.238 e. The average Bonchev–Trinajstić information content (AvgIpc) is 2.26. The molecule has 0 spiro atoms. The number of carbonyl (C=O) groups excluding carboxylic acids is 1. The molecule has 1 atom stereocenters. The highest BCUT2D eigenvalue weighted by atomic mass is 16.5. The monoisotopic (exact) mass is 208 g/mol. The lowest BCUT2D eigenvalue weighted by Gasteiger charge is -2.09. The Balaban J connectivity index is 2.67. The van der Waals surface area contributed by atoms with E-state index in [2.05, 4.69) is 0 Å². The van der Waals surface area contributed by atoms with Crippen LogP contribution in [0.5, 0.6) is 5.75 Å². The third kappa shape index (κ3) is 3.25. The van der Waals surface area contributed by atoms with Gasteiger partial charge in [-0.2, -0.15) is 0 Å². The first-order chi connectivity index (χ1) is 7.15. The number of primary amides is 1. The molecule has 0 aliphatic heterocycles. The Morgan fingerprint density at radius 1 is 1.40 bits per heavy atom. The van der Waals surface area contributed by atoms with E-state index >= 15 is 0 Å². The zero-order valence-corrected chi connectivity index (χ0v) is 8.77. The maximum Gasteiger partial charge on any atom is 0.238 e. The highest BCUT2D eigenvalue weighted by molar-refractivity contribution is 5.81. The number of hydrogen-bond donors (Lipinski definition) is 2. The van der Waals surface area contributed by atoms with Crippen molar-refractivity contribution in [1.82, 2.24) is 0 Å². The molecule has 0 aliphatic rings. The van der Waals surface area contributed by atoms with Gasteiger partial charge in [0.1, 0.15) is 11.8 Å². The number of amides is 1. The molecular formula is C11H16N2O2. The Morgan fingerprint density at radius 3 is 2.47 bits per heavy atom. The lowest BCUT2D eigenvalue weighted by molar-refractivity contribution is -0.119. The molecule has 4 nitrogen and oxygen atoms in total. The van der Waals surface area contributed by atoms with Crippen LogP contribution >= 0.6 is 0 Å². The fraction of sp³-hybridized carbons (Fsp3) is 0.364. The first-order valence-electron chi connectivity index (χ1n) is 4.92. The summed E-state index contributed by atoms with van der Waals surface area (Å²) in [7, 11) is 0. The quantitative estimate of drug-likeness (QED) is 0.756. The lowest BCUT2D eigenvalue weighted by Crippen LogP contribution is -2.28. The van der Waals surface area contributed by atoms with Crippen LogP contribution in [0.3, 0.4) is 0 Å². The third-order valence-electron chi connectivity index (χ3n) is 2.02. The normalized spacial score (nSPS) is 12.1. The van der Waals surface area contributed by atoms with Gasteiger partial charge in [0, 0.05) is 0 Å². The maximum atomic E-state index is 10.8. The summed E-state index contributed by atoms with van der Waals surface area (Å²) >= 11 is 0. The van der Waals surface area contributed by atoms with Crippen LogP contribution in [0.15, 0.2) is 24.3 Å². The second kappa shape index (κ2) is 5.36. The van der Waals surface area contributed by atoms with Crippen LogP contribution in [0.1, 0.15) is 24.9 Å². The average molecular weight is 208 g/mol. The summed E-state index contributed by atoms with van der Waals surface area (Å²) in [6.45, 7) is 2.72. The minimum absolute atomic E-state index is 0.530. The molecule has 1 aromatic carbocycles. The second-order valence-corrected chi connectivity index (χ2v) is 3.30. The van der Waals surface area contributed by atoms with Crippen molar-refractivity contribution >= 4 is 5.91 Å². The minimum Gasteiger partial charge on any atom is -0.494 e. The van der Waals surface area contributed by atoms with Crippen LogP contribution in [0.2, 0.25) is 0 Å². The van der Waals surface area contributed by atoms with Gasteiger partial charge in [-0.15, -0.1) is 0 Å². The number of nitrogens with two attached hydrogens (primary N) is 2. The second-order valence-electron chi connectivity index (χ2n) is 3.30. The van der Waals surface area contributed by atoms with Crippen LogP contribution in [0, 0.1) is 0 Å². The number of hydrogen-bond acceptors (Lipinski definition) is 3. The molecule has 0 heterocycles. The van der Waals surface area contributed by atoms with E-state index in [0.29, 0.717) is 12.2 Å². The molecule has 1 aromatic rings. The van der Waals surface area contributed by atoms with Gasteiger partial charge in [-0.05, 0) is 24.1 Å². The van der Waals surface area contributed by atoms with Gasteiger partial charge in [0.05, 0.1) is 6.61 Å². The van der Waals surface area contributed by atoms with Crippen LogP contribution < -0.4 is 16.2 Å². The molecular weight excluding hydrogens is 192 g/mol. The molecule has 4 N–H and O–H groups in total. The van der Waals surface area contributed by atoms with Crippen molar-refractivity contribution in [3.63, 3.8) is 0 Å². The highest BCUT2D eigenvalue weighted by Crippen LogP contribution is 2.16. The van der Waals surface area contributed by atoms with Crippen molar-refractivity contribution in [1.29, 1.82) is 0 Å². The first-order valence-corrected chi connectivity index (χ1v) is 4.92. The molecule has 15 heavy (non-hydrogen) atoms. The first kappa shape index (κ1) is 11.5. The molecule has 1 rings (SSSR count). The SMILES string of the molecule is CCCOc1ccc(C(N)C(N)=O)cc1. The summed E-state index contributed by atoms with van der Waals surface area (Å²) in [6, 6.07) is 6.33. The predicted octanol–water partition coefficient (Wildman–Crippen LogP) is 0.960. The number of rotatable bonds is 5. The molecule has 0 fully saturated rings. The summed E-state index contributed by atoms with van der Waals surface area (Å²) < 4.78 is 5.39. The van der Waals surface area contributed by atoms with Gasteiger partial charge in [-0.1, -0.05) is 19.1 Å². The van der Waals surface area contributed by atoms with Crippen molar-refractivity contribution in [3.8, 4) is 5.75 Å². The van der Waals surface area contributed by atoms with Crippen LogP contribution in [0.25, 0.3) is 0 Å². The van der Waals surface area contributed by atoms with Crippen molar-refractivity contribution in [2.24, 2.45) is 11.5 Å². The van der Waals surface area contributed by atoms with E-state index in [1.807, 2.05) is 6.92 Å². The summed E-state index contributed by atoms with van der Waals surface area (Å²) in [6.07, 6.45) is 0.961. The van der Waals surface area contributed by atoms with Crippen LogP contribution in [-0.4, -0.2) is 12.5 Å². The van der Waals surface area contributed by atoms with Crippen LogP contribution in [0.4, 0.5) is 0 Å². The zero-order valence-electron chi connectivity index (χ0n) is 8.77. The van der Waals surface area contributed by atoms with E-state index in [9.17, 15) is 4.79 Å². The molecule has 0 aliphatic carbocycles. The topological polar surface area (TPSA) is 78.3 Å². The number of ether oxygens (including phenoxy) is 1. The van der Waals surface area contributed by atoms with E-state index in [-0.39, 0.29) is 0 Å². The summed E-state index contributed by atoms with van der Waals surface area (Å²) in [4.78, 5) is 10.8. The van der Waals surface area contributed by atoms with Gasteiger partial charge in [0.2, 0.25) is 5.91 Å². The van der Waals surface area contributed by atoms with Gasteiger partial charge in [0.15, 0.2) is 0 Å². The maximum absolute atomic E-state index is 10.8. The van der Waals surface area contributed by atoms with Crippen molar-refractivity contribution in [3.05, 3.63) is 29.8 Å². The number of benzene rings is 1. The van der Waals surface area contributed by atoms with Gasteiger partial charge in [0.25, 0.3) is 0 Å². The zero-order chi connectivity index (χ0) is 11.3. The molecule has 0 aromatic heterocycles. The Morgan fingerprint density at radius 2 is 2.00 bits per heavy atom. The van der Waals surface area contributed by atoms with Crippen LogP contribution in [-0.2, 0) is 4.79 Å². The molecule has 0 saturated heterocycles. The summed E-state index contributed by atoms with van der Waals surface area (Å²) in [5.41, 5.74) is 11.4. The summed E-state index contributed by atoms with van der Waals surface area (Å²) in [5, 5.41) is 0. The van der Waals surface area contributed by atoms with Crippen molar-refractivity contribution < 1.29 is 9.53 Å². The fourth-order valence-electron chi connectivity index (χ4n) is 1.16. The van der Waals surface area contributed by atoms with Gasteiger partial charge in [-0.25, -0.2) is 0 Å². The van der Waals surface area contributed by atoms with Crippen molar-refractivity contribution in [2.75, 3.05) is 6.61 Å². The largest absolute Gasteiger partial charge is 0.494 e. The van der Waals surface area contributed by atoms with E-state index in [4.69, 9.17) is 16.2 Å². The van der Waals surface area contributed by atoms with Gasteiger partial charge in [-0.3, -0.25) is 4.79 Å². The Hall–Kier alpha value is -1.55. The molecule has 1 amide bonds. The van der Waals surface area contributed by atoms with Gasteiger partial charge >= 0.3 is 0 Å². The highest BCUT2D eigenvalue weighted by Gasteiger charge is 2.11. The number of carbonyl (C=O) groups is 1.